The minimum absolute atomic E-state index is 0.0380. The fourth-order valence-electron chi connectivity index (χ4n) is 3.60. The predicted octanol–water partition coefficient (Wildman–Crippen LogP) is 2.96. The van der Waals surface area contributed by atoms with Crippen LogP contribution in [0.3, 0.4) is 0 Å². The molecule has 0 fully saturated rings. The number of ether oxygens (including phenoxy) is 1. The molecule has 0 spiro atoms. The minimum atomic E-state index is -0.174. The minimum Gasteiger partial charge on any atom is -0.496 e. The van der Waals surface area contributed by atoms with Gasteiger partial charge in [-0.15, -0.1) is 0 Å². The molecule has 0 aliphatic rings. The summed E-state index contributed by atoms with van der Waals surface area (Å²) in [6, 6.07) is 9.52. The fourth-order valence-corrected chi connectivity index (χ4v) is 3.60. The van der Waals surface area contributed by atoms with Gasteiger partial charge in [-0.05, 0) is 38.8 Å². The molecule has 1 N–H and O–H groups in total. The molecule has 1 amide bonds. The van der Waals surface area contributed by atoms with Crippen molar-refractivity contribution in [1.82, 2.24) is 19.5 Å². The molecule has 0 unspecified atom stereocenters. The van der Waals surface area contributed by atoms with E-state index in [2.05, 4.69) is 15.0 Å². The number of rotatable bonds is 8. The standard InChI is InChI=1S/C22H28N4O3/c1-5-13-23-20(27)12-11-16-15(3)25(6-2)21-14-18(24-26(21)22(16)28)17-9-7-8-10-19(17)29-4/h7-10,14H,5-6,11-13H2,1-4H3,(H,23,27). The van der Waals surface area contributed by atoms with Crippen LogP contribution in [0.25, 0.3) is 16.9 Å². The molecule has 0 atom stereocenters. The lowest BCUT2D eigenvalue weighted by Crippen LogP contribution is -2.28. The van der Waals surface area contributed by atoms with Crippen molar-refractivity contribution in [3.63, 3.8) is 0 Å². The van der Waals surface area contributed by atoms with Crippen LogP contribution in [0, 0.1) is 6.92 Å². The zero-order chi connectivity index (χ0) is 21.0. The third-order valence-corrected chi connectivity index (χ3v) is 5.13. The van der Waals surface area contributed by atoms with Crippen LogP contribution < -0.4 is 15.6 Å². The van der Waals surface area contributed by atoms with E-state index in [0.29, 0.717) is 36.5 Å². The Balaban J connectivity index is 2.07. The van der Waals surface area contributed by atoms with Gasteiger partial charge in [-0.3, -0.25) is 9.59 Å². The lowest BCUT2D eigenvalue weighted by molar-refractivity contribution is -0.121. The quantitative estimate of drug-likeness (QED) is 0.635. The van der Waals surface area contributed by atoms with Crippen LogP contribution in [-0.2, 0) is 17.8 Å². The number of aryl methyl sites for hydroxylation is 1. The van der Waals surface area contributed by atoms with Crippen molar-refractivity contribution in [2.45, 2.75) is 46.6 Å². The maximum absolute atomic E-state index is 13.2. The van der Waals surface area contributed by atoms with Crippen LogP contribution >= 0.6 is 0 Å². The Morgan fingerprint density at radius 3 is 2.69 bits per heavy atom. The Morgan fingerprint density at radius 1 is 1.24 bits per heavy atom. The molecule has 1 aromatic carbocycles. The Hall–Kier alpha value is -3.09. The summed E-state index contributed by atoms with van der Waals surface area (Å²) in [6.45, 7) is 7.32. The summed E-state index contributed by atoms with van der Waals surface area (Å²) in [7, 11) is 1.62. The molecule has 0 saturated heterocycles. The lowest BCUT2D eigenvalue weighted by atomic mass is 10.1. The maximum Gasteiger partial charge on any atom is 0.277 e. The number of carbonyl (C=O) groups excluding carboxylic acids is 1. The van der Waals surface area contributed by atoms with E-state index in [1.807, 2.05) is 51.1 Å². The molecule has 2 heterocycles. The summed E-state index contributed by atoms with van der Waals surface area (Å²) < 4.78 is 8.95. The van der Waals surface area contributed by atoms with E-state index < -0.39 is 0 Å². The third-order valence-electron chi connectivity index (χ3n) is 5.13. The first-order chi connectivity index (χ1) is 14.0. The first-order valence-corrected chi connectivity index (χ1v) is 10.0. The van der Waals surface area contributed by atoms with Gasteiger partial charge in [0.15, 0.2) is 0 Å². The van der Waals surface area contributed by atoms with Gasteiger partial charge in [-0.1, -0.05) is 19.1 Å². The van der Waals surface area contributed by atoms with Gasteiger partial charge < -0.3 is 14.6 Å². The number of nitrogens with one attached hydrogen (secondary N) is 1. The van der Waals surface area contributed by atoms with Gasteiger partial charge in [0, 0.05) is 42.4 Å². The Bertz CT molecular complexity index is 1080. The number of amides is 1. The van der Waals surface area contributed by atoms with Gasteiger partial charge in [-0.2, -0.15) is 9.61 Å². The van der Waals surface area contributed by atoms with E-state index in [9.17, 15) is 9.59 Å². The molecule has 0 saturated carbocycles. The van der Waals surface area contributed by atoms with Crippen molar-refractivity contribution < 1.29 is 9.53 Å². The molecule has 3 rings (SSSR count). The number of benzene rings is 1. The second-order valence-electron chi connectivity index (χ2n) is 6.96. The van der Waals surface area contributed by atoms with E-state index >= 15 is 0 Å². The zero-order valence-corrected chi connectivity index (χ0v) is 17.5. The average Bonchev–Trinajstić information content (AvgIpc) is 3.17. The lowest BCUT2D eigenvalue weighted by Gasteiger charge is -2.14. The van der Waals surface area contributed by atoms with Crippen LogP contribution in [0.4, 0.5) is 0 Å². The largest absolute Gasteiger partial charge is 0.496 e. The molecular formula is C22H28N4O3. The second-order valence-corrected chi connectivity index (χ2v) is 6.96. The van der Waals surface area contributed by atoms with Crippen molar-refractivity contribution in [2.24, 2.45) is 0 Å². The molecule has 7 heteroatoms. The highest BCUT2D eigenvalue weighted by Crippen LogP contribution is 2.29. The number of hydrogen-bond acceptors (Lipinski definition) is 4. The highest BCUT2D eigenvalue weighted by atomic mass is 16.5. The van der Waals surface area contributed by atoms with Gasteiger partial charge in [0.25, 0.3) is 5.56 Å². The summed E-state index contributed by atoms with van der Waals surface area (Å²) in [5, 5.41) is 7.44. The molecule has 29 heavy (non-hydrogen) atoms. The normalized spacial score (nSPS) is 11.0. The SMILES string of the molecule is CCCNC(=O)CCc1c(C)n(CC)c2cc(-c3ccccc3OC)nn2c1=O. The van der Waals surface area contributed by atoms with Crippen molar-refractivity contribution in [3.8, 4) is 17.0 Å². The highest BCUT2D eigenvalue weighted by Gasteiger charge is 2.18. The van der Waals surface area contributed by atoms with Gasteiger partial charge in [0.05, 0.1) is 12.8 Å². The number of hydrogen-bond donors (Lipinski definition) is 1. The monoisotopic (exact) mass is 396 g/mol. The Kier molecular flexibility index (Phi) is 6.36. The van der Waals surface area contributed by atoms with Crippen molar-refractivity contribution in [2.75, 3.05) is 13.7 Å². The number of methoxy groups -OCH3 is 1. The zero-order valence-electron chi connectivity index (χ0n) is 17.5. The summed E-state index contributed by atoms with van der Waals surface area (Å²) in [5.74, 6) is 0.667. The Morgan fingerprint density at radius 2 is 2.00 bits per heavy atom. The number of carbonyl (C=O) groups is 1. The molecule has 0 bridgehead atoms. The van der Waals surface area contributed by atoms with Crippen molar-refractivity contribution in [3.05, 3.63) is 51.9 Å². The molecular weight excluding hydrogens is 368 g/mol. The van der Waals surface area contributed by atoms with Crippen molar-refractivity contribution in [1.29, 1.82) is 0 Å². The van der Waals surface area contributed by atoms with Gasteiger partial charge in [0.2, 0.25) is 5.91 Å². The van der Waals surface area contributed by atoms with Gasteiger partial charge in [0.1, 0.15) is 11.4 Å². The molecule has 3 aromatic rings. The molecule has 154 valence electrons. The molecule has 7 nitrogen and oxygen atoms in total. The van der Waals surface area contributed by atoms with Crippen molar-refractivity contribution >= 4 is 11.6 Å². The van der Waals surface area contributed by atoms with E-state index in [-0.39, 0.29) is 17.9 Å². The molecule has 0 radical (unpaired) electrons. The van der Waals surface area contributed by atoms with E-state index in [4.69, 9.17) is 4.74 Å². The van der Waals surface area contributed by atoms with Gasteiger partial charge >= 0.3 is 0 Å². The number of fused-ring (bicyclic) bond motifs is 1. The van der Waals surface area contributed by atoms with E-state index in [0.717, 1.165) is 23.3 Å². The maximum atomic E-state index is 13.2. The average molecular weight is 396 g/mol. The van der Waals surface area contributed by atoms with Crippen LogP contribution in [0.1, 0.15) is 37.9 Å². The molecule has 2 aromatic heterocycles. The van der Waals surface area contributed by atoms with Crippen LogP contribution in [0.15, 0.2) is 35.1 Å². The number of para-hydroxylation sites is 1. The first-order valence-electron chi connectivity index (χ1n) is 10.0. The molecule has 0 aliphatic heterocycles. The predicted molar refractivity (Wildman–Crippen MR) is 113 cm³/mol. The molecule has 0 aliphatic carbocycles. The first kappa shape index (κ1) is 20.6. The summed E-state index contributed by atoms with van der Waals surface area (Å²) in [6.07, 6.45) is 1.56. The highest BCUT2D eigenvalue weighted by molar-refractivity contribution is 5.76. The van der Waals surface area contributed by atoms with E-state index in [1.54, 1.807) is 7.11 Å². The van der Waals surface area contributed by atoms with E-state index in [1.165, 1.54) is 4.52 Å². The smallest absolute Gasteiger partial charge is 0.277 e. The summed E-state index contributed by atoms with van der Waals surface area (Å²) in [5.41, 5.74) is 3.57. The van der Waals surface area contributed by atoms with Gasteiger partial charge in [-0.25, -0.2) is 0 Å². The topological polar surface area (TPSA) is 77.6 Å². The second kappa shape index (κ2) is 8.94. The number of aromatic nitrogens is 3. The van der Waals surface area contributed by atoms with Crippen LogP contribution in [-0.4, -0.2) is 33.7 Å². The fraction of sp³-hybridized carbons (Fsp3) is 0.409. The Labute approximate surface area is 170 Å². The summed E-state index contributed by atoms with van der Waals surface area (Å²) >= 11 is 0. The third kappa shape index (κ3) is 4.04. The van der Waals surface area contributed by atoms with Crippen LogP contribution in [0.2, 0.25) is 0 Å². The number of nitrogens with zero attached hydrogens (tertiary/aromatic N) is 3. The summed E-state index contributed by atoms with van der Waals surface area (Å²) in [4.78, 5) is 25.2. The van der Waals surface area contributed by atoms with Crippen LogP contribution in [0.5, 0.6) is 5.75 Å².